The van der Waals surface area contributed by atoms with Gasteiger partial charge in [-0.1, -0.05) is 30.3 Å². The normalized spacial score (nSPS) is 10.6. The predicted molar refractivity (Wildman–Crippen MR) is 121 cm³/mol. The summed E-state index contributed by atoms with van der Waals surface area (Å²) in [6.07, 6.45) is 0. The van der Waals surface area contributed by atoms with Crippen LogP contribution >= 0.6 is 12.2 Å². The highest BCUT2D eigenvalue weighted by Gasteiger charge is 2.12. The first-order chi connectivity index (χ1) is 14.6. The highest BCUT2D eigenvalue weighted by Crippen LogP contribution is 2.29. The van der Waals surface area contributed by atoms with Crippen LogP contribution in [0.15, 0.2) is 83.3 Å². The molecule has 3 aromatic carbocycles. The van der Waals surface area contributed by atoms with E-state index in [1.54, 1.807) is 23.7 Å². The molecule has 0 spiro atoms. The van der Waals surface area contributed by atoms with Gasteiger partial charge in [-0.15, -0.1) is 5.10 Å². The number of carbonyl (C=O) groups is 1. The summed E-state index contributed by atoms with van der Waals surface area (Å²) in [7, 11) is 0. The van der Waals surface area contributed by atoms with Gasteiger partial charge in [-0.25, -0.2) is 4.68 Å². The summed E-state index contributed by atoms with van der Waals surface area (Å²) in [5.74, 6) is 0.473. The summed E-state index contributed by atoms with van der Waals surface area (Å²) in [5, 5.41) is 11.2. The second kappa shape index (κ2) is 8.75. The Morgan fingerprint density at radius 1 is 0.967 bits per heavy atom. The molecule has 0 unspecified atom stereocenters. The number of hydrogen-bond donors (Lipinski definition) is 2. The molecular weight excluding hydrogens is 396 g/mol. The molecule has 0 aliphatic carbocycles. The maximum atomic E-state index is 11.4. The van der Waals surface area contributed by atoms with E-state index in [1.165, 1.54) is 0 Å². The topological polar surface area (TPSA) is 72.1 Å². The van der Waals surface area contributed by atoms with Crippen LogP contribution in [-0.2, 0) is 6.67 Å². The van der Waals surface area contributed by atoms with Crippen molar-refractivity contribution in [3.05, 3.63) is 89.3 Å². The molecule has 7 heteroatoms. The number of Topliss-reactive ketones (excluding diaryl/α,β-unsaturated/α-hetero) is 1. The van der Waals surface area contributed by atoms with Crippen molar-refractivity contribution in [3.8, 4) is 11.5 Å². The Balaban J connectivity index is 1.53. The molecule has 0 saturated heterocycles. The number of anilines is 3. The van der Waals surface area contributed by atoms with Gasteiger partial charge in [0.05, 0.1) is 11.3 Å². The number of para-hydroxylation sites is 2. The van der Waals surface area contributed by atoms with Gasteiger partial charge in [0.15, 0.2) is 5.78 Å². The van der Waals surface area contributed by atoms with Crippen molar-refractivity contribution in [2.45, 2.75) is 13.6 Å². The van der Waals surface area contributed by atoms with Gasteiger partial charge in [0, 0.05) is 16.9 Å². The molecule has 0 atom stereocenters. The molecule has 4 rings (SSSR count). The predicted octanol–water partition coefficient (Wildman–Crippen LogP) is 5.89. The molecule has 0 aliphatic heterocycles. The fourth-order valence-electron chi connectivity index (χ4n) is 2.96. The van der Waals surface area contributed by atoms with Crippen LogP contribution in [0.4, 0.5) is 17.1 Å². The molecule has 0 aliphatic rings. The van der Waals surface area contributed by atoms with Gasteiger partial charge in [0.25, 0.3) is 4.84 Å². The van der Waals surface area contributed by atoms with Crippen LogP contribution in [0.5, 0.6) is 0 Å². The van der Waals surface area contributed by atoms with Gasteiger partial charge in [-0.2, -0.15) is 0 Å². The van der Waals surface area contributed by atoms with Gasteiger partial charge in [-0.3, -0.25) is 4.79 Å². The van der Waals surface area contributed by atoms with Crippen LogP contribution in [0.25, 0.3) is 11.5 Å². The molecule has 0 bridgehead atoms. The lowest BCUT2D eigenvalue weighted by Gasteiger charge is -2.09. The lowest BCUT2D eigenvalue weighted by molar-refractivity contribution is 0.101. The number of nitrogens with zero attached hydrogens (tertiary/aromatic N) is 2. The van der Waals surface area contributed by atoms with Crippen LogP contribution in [0.1, 0.15) is 17.3 Å². The minimum absolute atomic E-state index is 0.0349. The van der Waals surface area contributed by atoms with E-state index >= 15 is 0 Å². The molecule has 150 valence electrons. The smallest absolute Gasteiger partial charge is 0.289 e. The Labute approximate surface area is 179 Å². The first kappa shape index (κ1) is 19.6. The number of nitrogens with one attached hydrogen (secondary N) is 2. The summed E-state index contributed by atoms with van der Waals surface area (Å²) < 4.78 is 7.35. The average Bonchev–Trinajstić information content (AvgIpc) is 3.14. The van der Waals surface area contributed by atoms with Gasteiger partial charge < -0.3 is 15.1 Å². The average molecular weight is 417 g/mol. The van der Waals surface area contributed by atoms with Crippen molar-refractivity contribution in [1.29, 1.82) is 0 Å². The first-order valence-corrected chi connectivity index (χ1v) is 9.85. The number of aromatic nitrogens is 2. The summed E-state index contributed by atoms with van der Waals surface area (Å²) in [5.41, 5.74) is 4.19. The summed E-state index contributed by atoms with van der Waals surface area (Å²) in [6, 6.07) is 24.9. The van der Waals surface area contributed by atoms with Gasteiger partial charge in [-0.05, 0) is 67.7 Å². The first-order valence-electron chi connectivity index (χ1n) is 9.44. The van der Waals surface area contributed by atoms with E-state index in [0.29, 0.717) is 18.1 Å². The van der Waals surface area contributed by atoms with E-state index in [0.717, 1.165) is 22.6 Å². The zero-order chi connectivity index (χ0) is 20.9. The molecular formula is C23H20N4O2S. The molecule has 1 heterocycles. The van der Waals surface area contributed by atoms with Gasteiger partial charge in [0.2, 0.25) is 5.89 Å². The van der Waals surface area contributed by atoms with E-state index in [9.17, 15) is 4.79 Å². The summed E-state index contributed by atoms with van der Waals surface area (Å²) in [4.78, 5) is 11.7. The molecule has 1 aromatic heterocycles. The molecule has 2 N–H and O–H groups in total. The molecule has 6 nitrogen and oxygen atoms in total. The SMILES string of the molecule is CC(=O)c1ccc(NCn2nc(-c3ccccc3Nc3ccccc3)oc2=S)cc1. The fourth-order valence-corrected chi connectivity index (χ4v) is 3.14. The van der Waals surface area contributed by atoms with Crippen molar-refractivity contribution < 1.29 is 9.21 Å². The Hall–Kier alpha value is -3.71. The van der Waals surface area contributed by atoms with Crippen LogP contribution in [-0.4, -0.2) is 15.6 Å². The highest BCUT2D eigenvalue weighted by atomic mass is 32.1. The molecule has 0 amide bonds. The standard InChI is InChI=1S/C23H20N4O2S/c1-16(28)17-11-13-18(14-12-17)24-15-27-23(30)29-22(26-27)20-9-5-6-10-21(20)25-19-7-3-2-4-8-19/h2-14,24-25H,15H2,1H3. The third-order valence-corrected chi connectivity index (χ3v) is 4.83. The summed E-state index contributed by atoms with van der Waals surface area (Å²) >= 11 is 5.34. The number of rotatable bonds is 7. The Morgan fingerprint density at radius 3 is 2.40 bits per heavy atom. The van der Waals surface area contributed by atoms with Gasteiger partial charge in [0.1, 0.15) is 6.67 Å². The van der Waals surface area contributed by atoms with Crippen molar-refractivity contribution in [1.82, 2.24) is 9.78 Å². The Morgan fingerprint density at radius 2 is 1.67 bits per heavy atom. The third kappa shape index (κ3) is 4.47. The second-order valence-electron chi connectivity index (χ2n) is 6.68. The second-order valence-corrected chi connectivity index (χ2v) is 7.03. The maximum absolute atomic E-state index is 11.4. The molecule has 0 saturated carbocycles. The zero-order valence-electron chi connectivity index (χ0n) is 16.3. The minimum Gasteiger partial charge on any atom is -0.409 e. The number of ketones is 1. The van der Waals surface area contributed by atoms with Crippen LogP contribution < -0.4 is 10.6 Å². The van der Waals surface area contributed by atoms with Gasteiger partial charge >= 0.3 is 0 Å². The van der Waals surface area contributed by atoms with E-state index in [-0.39, 0.29) is 10.6 Å². The van der Waals surface area contributed by atoms with Crippen LogP contribution in [0.2, 0.25) is 0 Å². The number of benzene rings is 3. The molecule has 4 aromatic rings. The van der Waals surface area contributed by atoms with E-state index < -0.39 is 0 Å². The van der Waals surface area contributed by atoms with Crippen LogP contribution in [0.3, 0.4) is 0 Å². The lowest BCUT2D eigenvalue weighted by atomic mass is 10.1. The molecule has 30 heavy (non-hydrogen) atoms. The monoisotopic (exact) mass is 416 g/mol. The maximum Gasteiger partial charge on any atom is 0.289 e. The quantitative estimate of drug-likeness (QED) is 0.289. The fraction of sp³-hybridized carbons (Fsp3) is 0.0870. The van der Waals surface area contributed by atoms with Crippen molar-refractivity contribution in [2.24, 2.45) is 0 Å². The van der Waals surface area contributed by atoms with Crippen molar-refractivity contribution >= 4 is 35.1 Å². The van der Waals surface area contributed by atoms with E-state index in [4.69, 9.17) is 16.6 Å². The van der Waals surface area contributed by atoms with E-state index in [2.05, 4.69) is 15.7 Å². The lowest BCUT2D eigenvalue weighted by Crippen LogP contribution is -2.09. The third-order valence-electron chi connectivity index (χ3n) is 4.54. The van der Waals surface area contributed by atoms with Crippen LogP contribution in [0, 0.1) is 4.84 Å². The van der Waals surface area contributed by atoms with E-state index in [1.807, 2.05) is 66.7 Å². The summed E-state index contributed by atoms with van der Waals surface area (Å²) in [6.45, 7) is 1.89. The molecule has 0 fully saturated rings. The zero-order valence-corrected chi connectivity index (χ0v) is 17.1. The molecule has 0 radical (unpaired) electrons. The van der Waals surface area contributed by atoms with Crippen molar-refractivity contribution in [3.63, 3.8) is 0 Å². The minimum atomic E-state index is 0.0349. The number of hydrogen-bond acceptors (Lipinski definition) is 6. The largest absolute Gasteiger partial charge is 0.409 e. The number of carbonyl (C=O) groups excluding carboxylic acids is 1. The van der Waals surface area contributed by atoms with Crippen molar-refractivity contribution in [2.75, 3.05) is 10.6 Å². The Kier molecular flexibility index (Phi) is 5.72. The highest BCUT2D eigenvalue weighted by molar-refractivity contribution is 7.71. The Bertz CT molecular complexity index is 1210.